The highest BCUT2D eigenvalue weighted by Gasteiger charge is 2.32. The molecule has 1 fully saturated rings. The third-order valence-electron chi connectivity index (χ3n) is 6.83. The van der Waals surface area contributed by atoms with Gasteiger partial charge in [0.15, 0.2) is 0 Å². The molecule has 1 atom stereocenters. The zero-order valence-corrected chi connectivity index (χ0v) is 19.6. The molecule has 5 rings (SSSR count). The number of hydrogen-bond donors (Lipinski definition) is 0. The molecule has 2 aromatic carbocycles. The summed E-state index contributed by atoms with van der Waals surface area (Å²) < 4.78 is 21.3. The molecular weight excluding hydrogens is 445 g/mol. The Kier molecular flexibility index (Phi) is 6.08. The fourth-order valence-electron chi connectivity index (χ4n) is 5.12. The summed E-state index contributed by atoms with van der Waals surface area (Å²) in [6.45, 7) is 7.39. The lowest BCUT2D eigenvalue weighted by molar-refractivity contribution is -0.128. The Morgan fingerprint density at radius 2 is 2.20 bits per heavy atom. The standard InChI is InChI=1S/C27H26FN5O2/c1-3-23(34)33-12-11-32(15-18(33)9-10-29)27-24-22(30-16-31-27)14-21(20-8-5-13-35-26(20)24)19-7-4-6-17(2)25(19)28/h3-4,6-7,14,16,18H,1,5,8-9,11-13,15H2,2H3/t18-/m0/s1. The van der Waals surface area contributed by atoms with Crippen LogP contribution in [-0.2, 0) is 11.2 Å². The van der Waals surface area contributed by atoms with Crippen molar-refractivity contribution in [3.05, 3.63) is 60.2 Å². The van der Waals surface area contributed by atoms with Gasteiger partial charge in [0.05, 0.1) is 36.0 Å². The van der Waals surface area contributed by atoms with Gasteiger partial charge < -0.3 is 14.5 Å². The fourth-order valence-corrected chi connectivity index (χ4v) is 5.12. The number of hydrogen-bond acceptors (Lipinski definition) is 6. The van der Waals surface area contributed by atoms with Gasteiger partial charge in [0, 0.05) is 30.8 Å². The van der Waals surface area contributed by atoms with E-state index in [9.17, 15) is 10.1 Å². The van der Waals surface area contributed by atoms with Crippen LogP contribution in [0.2, 0.25) is 0 Å². The van der Waals surface area contributed by atoms with E-state index in [-0.39, 0.29) is 24.2 Å². The van der Waals surface area contributed by atoms with Crippen LogP contribution in [0.15, 0.2) is 43.2 Å². The molecule has 0 aliphatic carbocycles. The van der Waals surface area contributed by atoms with E-state index in [0.717, 1.165) is 29.4 Å². The maximum absolute atomic E-state index is 15.1. The number of rotatable bonds is 4. The van der Waals surface area contributed by atoms with Gasteiger partial charge in [-0.1, -0.05) is 24.8 Å². The summed E-state index contributed by atoms with van der Waals surface area (Å²) in [6, 6.07) is 9.26. The van der Waals surface area contributed by atoms with E-state index in [1.54, 1.807) is 24.0 Å². The number of amides is 1. The maximum Gasteiger partial charge on any atom is 0.246 e. The highest BCUT2D eigenvalue weighted by molar-refractivity contribution is 6.00. The minimum absolute atomic E-state index is 0.178. The number of nitrogens with zero attached hydrogens (tertiary/aromatic N) is 5. The smallest absolute Gasteiger partial charge is 0.246 e. The van der Waals surface area contributed by atoms with Gasteiger partial charge in [0.2, 0.25) is 5.91 Å². The van der Waals surface area contributed by atoms with Gasteiger partial charge in [-0.3, -0.25) is 4.79 Å². The first-order chi connectivity index (χ1) is 17.0. The molecule has 8 heteroatoms. The molecule has 2 aliphatic heterocycles. The number of aromatic nitrogens is 2. The van der Waals surface area contributed by atoms with E-state index in [1.807, 2.05) is 12.1 Å². The lowest BCUT2D eigenvalue weighted by atomic mass is 9.91. The first-order valence-corrected chi connectivity index (χ1v) is 11.8. The quantitative estimate of drug-likeness (QED) is 0.531. The third kappa shape index (κ3) is 3.97. The van der Waals surface area contributed by atoms with Gasteiger partial charge in [-0.25, -0.2) is 14.4 Å². The number of ether oxygens (including phenoxy) is 1. The molecule has 178 valence electrons. The molecule has 0 unspecified atom stereocenters. The van der Waals surface area contributed by atoms with Crippen molar-refractivity contribution >= 4 is 22.6 Å². The van der Waals surface area contributed by atoms with Crippen molar-refractivity contribution in [3.8, 4) is 22.9 Å². The van der Waals surface area contributed by atoms with Gasteiger partial charge in [0.25, 0.3) is 0 Å². The van der Waals surface area contributed by atoms with Crippen LogP contribution in [0.4, 0.5) is 10.2 Å². The number of halogens is 1. The minimum atomic E-state index is -0.276. The van der Waals surface area contributed by atoms with Crippen LogP contribution < -0.4 is 9.64 Å². The monoisotopic (exact) mass is 471 g/mol. The molecule has 1 aromatic heterocycles. The van der Waals surface area contributed by atoms with Crippen molar-refractivity contribution in [3.63, 3.8) is 0 Å². The van der Waals surface area contributed by atoms with Crippen LogP contribution in [0.25, 0.3) is 22.0 Å². The number of fused-ring (bicyclic) bond motifs is 3. The Hall–Kier alpha value is -3.99. The second-order valence-corrected chi connectivity index (χ2v) is 8.91. The molecular formula is C27H26FN5O2. The number of benzene rings is 2. The lowest BCUT2D eigenvalue weighted by Crippen LogP contribution is -2.55. The number of piperazine rings is 1. The summed E-state index contributed by atoms with van der Waals surface area (Å²) in [5, 5.41) is 10.1. The number of carbonyl (C=O) groups is 1. The molecule has 1 saturated heterocycles. The molecule has 0 saturated carbocycles. The summed E-state index contributed by atoms with van der Waals surface area (Å²) in [7, 11) is 0. The number of aryl methyl sites for hydroxylation is 1. The van der Waals surface area contributed by atoms with Crippen LogP contribution >= 0.6 is 0 Å². The zero-order chi connectivity index (χ0) is 24.5. The average Bonchev–Trinajstić information content (AvgIpc) is 2.89. The third-order valence-corrected chi connectivity index (χ3v) is 6.83. The predicted octanol–water partition coefficient (Wildman–Crippen LogP) is 4.19. The van der Waals surface area contributed by atoms with Crippen molar-refractivity contribution in [2.75, 3.05) is 31.1 Å². The van der Waals surface area contributed by atoms with E-state index in [1.165, 1.54) is 12.4 Å². The summed E-state index contributed by atoms with van der Waals surface area (Å²) in [5.74, 6) is 0.985. The maximum atomic E-state index is 15.1. The number of anilines is 1. The van der Waals surface area contributed by atoms with Crippen molar-refractivity contribution in [2.45, 2.75) is 32.2 Å². The van der Waals surface area contributed by atoms with Gasteiger partial charge >= 0.3 is 0 Å². The molecule has 0 N–H and O–H groups in total. The van der Waals surface area contributed by atoms with Crippen LogP contribution in [0.5, 0.6) is 5.75 Å². The van der Waals surface area contributed by atoms with Gasteiger partial charge in [0.1, 0.15) is 23.7 Å². The van der Waals surface area contributed by atoms with Crippen molar-refractivity contribution < 1.29 is 13.9 Å². The van der Waals surface area contributed by atoms with Crippen molar-refractivity contribution in [2.24, 2.45) is 0 Å². The largest absolute Gasteiger partial charge is 0.492 e. The molecule has 0 bridgehead atoms. The van der Waals surface area contributed by atoms with Crippen LogP contribution in [0, 0.1) is 24.1 Å². The van der Waals surface area contributed by atoms with Crippen LogP contribution in [-0.4, -0.2) is 53.1 Å². The van der Waals surface area contributed by atoms with Crippen LogP contribution in [0.3, 0.4) is 0 Å². The Morgan fingerprint density at radius 1 is 1.34 bits per heavy atom. The van der Waals surface area contributed by atoms with E-state index in [2.05, 4.69) is 27.5 Å². The highest BCUT2D eigenvalue weighted by Crippen LogP contribution is 2.44. The van der Waals surface area contributed by atoms with Gasteiger partial charge in [-0.15, -0.1) is 0 Å². The topological polar surface area (TPSA) is 82.3 Å². The summed E-state index contributed by atoms with van der Waals surface area (Å²) in [6.07, 6.45) is 4.61. The molecule has 0 spiro atoms. The minimum Gasteiger partial charge on any atom is -0.492 e. The summed E-state index contributed by atoms with van der Waals surface area (Å²) in [5.41, 5.74) is 3.56. The second kappa shape index (κ2) is 9.34. The average molecular weight is 472 g/mol. The van der Waals surface area contributed by atoms with E-state index < -0.39 is 0 Å². The van der Waals surface area contributed by atoms with Gasteiger partial charge in [-0.05, 0) is 43.0 Å². The SMILES string of the molecule is C=CC(=O)N1CCN(c2ncnc3cc(-c4cccc(C)c4F)c4c(c23)OCCC4)C[C@@H]1CC#N. The molecule has 7 nitrogen and oxygen atoms in total. The Labute approximate surface area is 203 Å². The molecule has 2 aliphatic rings. The highest BCUT2D eigenvalue weighted by atomic mass is 19.1. The molecule has 35 heavy (non-hydrogen) atoms. The summed E-state index contributed by atoms with van der Waals surface area (Å²) in [4.78, 5) is 25.2. The number of nitriles is 1. The molecule has 0 radical (unpaired) electrons. The molecule has 3 heterocycles. The van der Waals surface area contributed by atoms with Gasteiger partial charge in [-0.2, -0.15) is 5.26 Å². The Bertz CT molecular complexity index is 1370. The molecule has 1 amide bonds. The molecule has 3 aromatic rings. The predicted molar refractivity (Wildman–Crippen MR) is 132 cm³/mol. The van der Waals surface area contributed by atoms with Crippen LogP contribution in [0.1, 0.15) is 24.0 Å². The number of carbonyl (C=O) groups excluding carboxylic acids is 1. The van der Waals surface area contributed by atoms with E-state index in [4.69, 9.17) is 4.74 Å². The normalized spacial score (nSPS) is 17.5. The Balaban J connectivity index is 1.64. The fraction of sp³-hybridized carbons (Fsp3) is 0.333. The van der Waals surface area contributed by atoms with Crippen molar-refractivity contribution in [1.29, 1.82) is 5.26 Å². The zero-order valence-electron chi connectivity index (χ0n) is 19.6. The van der Waals surface area contributed by atoms with E-state index >= 15 is 4.39 Å². The second-order valence-electron chi connectivity index (χ2n) is 8.91. The lowest BCUT2D eigenvalue weighted by Gasteiger charge is -2.41. The van der Waals surface area contributed by atoms with Crippen molar-refractivity contribution in [1.82, 2.24) is 14.9 Å². The first-order valence-electron chi connectivity index (χ1n) is 11.8. The van der Waals surface area contributed by atoms with E-state index in [0.29, 0.717) is 54.5 Å². The Morgan fingerprint density at radius 3 is 3.00 bits per heavy atom. The summed E-state index contributed by atoms with van der Waals surface area (Å²) >= 11 is 0. The first kappa shape index (κ1) is 22.8.